The first-order valence-corrected chi connectivity index (χ1v) is 9.35. The third kappa shape index (κ3) is 4.19. The Balaban J connectivity index is 2.00. The number of rotatable bonds is 6. The molecule has 1 aromatic carbocycles. The lowest BCUT2D eigenvalue weighted by molar-refractivity contribution is 0.323. The SMILES string of the molecule is CCOP(=O)(CCC1CCCCC1)c1ccccc1. The number of benzene rings is 1. The normalized spacial score (nSPS) is 20.1. The molecule has 1 aliphatic rings. The van der Waals surface area contributed by atoms with Crippen molar-refractivity contribution in [2.24, 2.45) is 5.92 Å². The van der Waals surface area contributed by atoms with Gasteiger partial charge in [0.1, 0.15) is 0 Å². The summed E-state index contributed by atoms with van der Waals surface area (Å²) < 4.78 is 18.7. The van der Waals surface area contributed by atoms with E-state index in [0.717, 1.165) is 17.6 Å². The predicted molar refractivity (Wildman–Crippen MR) is 81.4 cm³/mol. The van der Waals surface area contributed by atoms with Crippen LogP contribution in [0.1, 0.15) is 45.4 Å². The van der Waals surface area contributed by atoms with Crippen LogP contribution in [0.3, 0.4) is 0 Å². The van der Waals surface area contributed by atoms with Gasteiger partial charge >= 0.3 is 0 Å². The van der Waals surface area contributed by atoms with Crippen molar-refractivity contribution >= 4 is 12.7 Å². The Morgan fingerprint density at radius 3 is 2.47 bits per heavy atom. The highest BCUT2D eigenvalue weighted by atomic mass is 31.2. The fourth-order valence-electron chi connectivity index (χ4n) is 2.96. The molecular weight excluding hydrogens is 255 g/mol. The molecule has 0 spiro atoms. The van der Waals surface area contributed by atoms with Gasteiger partial charge in [-0.3, -0.25) is 4.57 Å². The summed E-state index contributed by atoms with van der Waals surface area (Å²) in [6.45, 7) is 2.45. The largest absolute Gasteiger partial charge is 0.326 e. The number of hydrogen-bond donors (Lipinski definition) is 0. The van der Waals surface area contributed by atoms with Crippen LogP contribution in [0.25, 0.3) is 0 Å². The topological polar surface area (TPSA) is 26.3 Å². The average molecular weight is 280 g/mol. The zero-order valence-corrected chi connectivity index (χ0v) is 12.8. The molecule has 1 fully saturated rings. The quantitative estimate of drug-likeness (QED) is 0.712. The lowest BCUT2D eigenvalue weighted by Crippen LogP contribution is -2.14. The summed E-state index contributed by atoms with van der Waals surface area (Å²) in [5.41, 5.74) is 0. The molecule has 0 N–H and O–H groups in total. The van der Waals surface area contributed by atoms with Crippen molar-refractivity contribution in [3.63, 3.8) is 0 Å². The van der Waals surface area contributed by atoms with E-state index >= 15 is 0 Å². The van der Waals surface area contributed by atoms with Gasteiger partial charge in [-0.2, -0.15) is 0 Å². The van der Waals surface area contributed by atoms with Gasteiger partial charge < -0.3 is 4.52 Å². The lowest BCUT2D eigenvalue weighted by atomic mass is 9.88. The van der Waals surface area contributed by atoms with Crippen molar-refractivity contribution in [2.45, 2.75) is 45.4 Å². The molecule has 1 unspecified atom stereocenters. The Morgan fingerprint density at radius 1 is 1.16 bits per heavy atom. The Morgan fingerprint density at radius 2 is 1.84 bits per heavy atom. The van der Waals surface area contributed by atoms with E-state index in [1.165, 1.54) is 32.1 Å². The van der Waals surface area contributed by atoms with Gasteiger partial charge in [0.2, 0.25) is 7.37 Å². The van der Waals surface area contributed by atoms with E-state index in [-0.39, 0.29) is 0 Å². The lowest BCUT2D eigenvalue weighted by Gasteiger charge is -2.24. The van der Waals surface area contributed by atoms with Crippen molar-refractivity contribution in [1.29, 1.82) is 0 Å². The summed E-state index contributed by atoms with van der Waals surface area (Å²) in [4.78, 5) is 0. The smallest absolute Gasteiger partial charge is 0.232 e. The molecule has 0 radical (unpaired) electrons. The van der Waals surface area contributed by atoms with Gasteiger partial charge in [-0.15, -0.1) is 0 Å². The van der Waals surface area contributed by atoms with Crippen LogP contribution in [0.15, 0.2) is 30.3 Å². The van der Waals surface area contributed by atoms with Crippen LogP contribution in [0, 0.1) is 5.92 Å². The average Bonchev–Trinajstić information content (AvgIpc) is 2.48. The number of hydrogen-bond acceptors (Lipinski definition) is 2. The molecule has 3 heteroatoms. The molecule has 19 heavy (non-hydrogen) atoms. The molecule has 106 valence electrons. The van der Waals surface area contributed by atoms with E-state index in [4.69, 9.17) is 4.52 Å². The van der Waals surface area contributed by atoms with Gasteiger partial charge in [-0.25, -0.2) is 0 Å². The summed E-state index contributed by atoms with van der Waals surface area (Å²) in [7, 11) is -2.64. The molecule has 1 aliphatic carbocycles. The van der Waals surface area contributed by atoms with E-state index in [1.54, 1.807) is 0 Å². The van der Waals surface area contributed by atoms with Crippen LogP contribution >= 0.6 is 7.37 Å². The molecule has 0 aliphatic heterocycles. The summed E-state index contributed by atoms with van der Waals surface area (Å²) in [5.74, 6) is 0.756. The minimum atomic E-state index is -2.64. The van der Waals surface area contributed by atoms with Crippen molar-refractivity contribution in [1.82, 2.24) is 0 Å². The van der Waals surface area contributed by atoms with E-state index < -0.39 is 7.37 Å². The highest BCUT2D eigenvalue weighted by Gasteiger charge is 2.26. The van der Waals surface area contributed by atoms with Gasteiger partial charge in [0.15, 0.2) is 0 Å². The maximum absolute atomic E-state index is 13.0. The van der Waals surface area contributed by atoms with Crippen LogP contribution < -0.4 is 5.30 Å². The maximum Gasteiger partial charge on any atom is 0.232 e. The minimum absolute atomic E-state index is 0.525. The second-order valence-electron chi connectivity index (χ2n) is 5.44. The van der Waals surface area contributed by atoms with E-state index in [9.17, 15) is 4.57 Å². The molecule has 0 heterocycles. The molecule has 2 nitrogen and oxygen atoms in total. The van der Waals surface area contributed by atoms with Gasteiger partial charge in [0.25, 0.3) is 0 Å². The van der Waals surface area contributed by atoms with Crippen molar-refractivity contribution < 1.29 is 9.09 Å². The molecule has 1 saturated carbocycles. The van der Waals surface area contributed by atoms with E-state index in [2.05, 4.69) is 0 Å². The van der Waals surface area contributed by atoms with E-state index in [0.29, 0.717) is 12.8 Å². The molecule has 0 saturated heterocycles. The Hall–Kier alpha value is -0.590. The summed E-state index contributed by atoms with van der Waals surface area (Å²) in [6.07, 6.45) is 8.42. The maximum atomic E-state index is 13.0. The van der Waals surface area contributed by atoms with Crippen molar-refractivity contribution in [3.8, 4) is 0 Å². The first-order chi connectivity index (χ1) is 9.24. The molecule has 0 bridgehead atoms. The molecule has 1 atom stereocenters. The Labute approximate surface area is 117 Å². The molecule has 2 rings (SSSR count). The van der Waals surface area contributed by atoms with Gasteiger partial charge in [0.05, 0.1) is 6.61 Å². The zero-order valence-electron chi connectivity index (χ0n) is 11.9. The third-order valence-corrected chi connectivity index (χ3v) is 6.65. The van der Waals surface area contributed by atoms with Crippen LogP contribution in [0.4, 0.5) is 0 Å². The monoisotopic (exact) mass is 280 g/mol. The molecule has 0 amide bonds. The van der Waals surface area contributed by atoms with Gasteiger partial charge in [-0.05, 0) is 31.4 Å². The van der Waals surface area contributed by atoms with Crippen molar-refractivity contribution in [2.75, 3.05) is 12.8 Å². The Kier molecular flexibility index (Phi) is 5.66. The second kappa shape index (κ2) is 7.26. The molecule has 0 aromatic heterocycles. The first-order valence-electron chi connectivity index (χ1n) is 7.54. The van der Waals surface area contributed by atoms with Crippen LogP contribution in [-0.2, 0) is 9.09 Å². The van der Waals surface area contributed by atoms with Gasteiger partial charge in [0, 0.05) is 11.5 Å². The molecular formula is C16H25O2P. The predicted octanol–water partition coefficient (Wildman–Crippen LogP) is 4.60. The first kappa shape index (κ1) is 14.8. The fourth-order valence-corrected chi connectivity index (χ4v) is 5.25. The van der Waals surface area contributed by atoms with Crippen LogP contribution in [-0.4, -0.2) is 12.8 Å². The van der Waals surface area contributed by atoms with E-state index in [1.807, 2.05) is 37.3 Å². The Bertz CT molecular complexity index is 410. The van der Waals surface area contributed by atoms with Crippen LogP contribution in [0.2, 0.25) is 0 Å². The fraction of sp³-hybridized carbons (Fsp3) is 0.625. The minimum Gasteiger partial charge on any atom is -0.326 e. The standard InChI is InChI=1S/C16H25O2P/c1-2-18-19(17,16-11-7-4-8-12-16)14-13-15-9-5-3-6-10-15/h4,7-8,11-12,15H,2-3,5-6,9-10,13-14H2,1H3. The zero-order chi connectivity index (χ0) is 13.6. The summed E-state index contributed by atoms with van der Waals surface area (Å²) in [6, 6.07) is 9.73. The highest BCUT2D eigenvalue weighted by molar-refractivity contribution is 7.67. The summed E-state index contributed by atoms with van der Waals surface area (Å²) in [5, 5.41) is 0.882. The summed E-state index contributed by atoms with van der Waals surface area (Å²) >= 11 is 0. The van der Waals surface area contributed by atoms with Crippen LogP contribution in [0.5, 0.6) is 0 Å². The highest BCUT2D eigenvalue weighted by Crippen LogP contribution is 2.47. The van der Waals surface area contributed by atoms with Gasteiger partial charge in [-0.1, -0.05) is 50.3 Å². The molecule has 1 aromatic rings. The van der Waals surface area contributed by atoms with Crippen molar-refractivity contribution in [3.05, 3.63) is 30.3 Å². The third-order valence-electron chi connectivity index (χ3n) is 4.04. The second-order valence-corrected chi connectivity index (χ2v) is 8.01.